The maximum atomic E-state index is 11.8. The van der Waals surface area contributed by atoms with E-state index in [1.165, 1.54) is 11.2 Å². The van der Waals surface area contributed by atoms with E-state index in [0.29, 0.717) is 16.8 Å². The Morgan fingerprint density at radius 2 is 2.25 bits per heavy atom. The highest BCUT2D eigenvalue weighted by molar-refractivity contribution is 9.10. The molecule has 1 heterocycles. The summed E-state index contributed by atoms with van der Waals surface area (Å²) in [5.41, 5.74) is 0.458. The first-order chi connectivity index (χ1) is 7.56. The number of hydrogen-bond donors (Lipinski definition) is 1. The Morgan fingerprint density at radius 1 is 1.56 bits per heavy atom. The summed E-state index contributed by atoms with van der Waals surface area (Å²) in [5.74, 6) is -0.268. The quantitative estimate of drug-likeness (QED) is 0.907. The summed E-state index contributed by atoms with van der Waals surface area (Å²) in [6.45, 7) is 0.371. The Bertz CT molecular complexity index is 389. The SMILES string of the molecule is CNC(=O)CCN(C)C(=O)c1ccoc1Br. The third-order valence-electron chi connectivity index (χ3n) is 2.15. The molecule has 0 unspecified atom stereocenters. The van der Waals surface area contributed by atoms with E-state index in [1.54, 1.807) is 20.2 Å². The molecule has 0 aromatic carbocycles. The van der Waals surface area contributed by atoms with Crippen molar-refractivity contribution in [1.29, 1.82) is 0 Å². The first kappa shape index (κ1) is 12.8. The first-order valence-corrected chi connectivity index (χ1v) is 5.54. The third-order valence-corrected chi connectivity index (χ3v) is 2.76. The lowest BCUT2D eigenvalue weighted by Crippen LogP contribution is -2.31. The fraction of sp³-hybridized carbons (Fsp3) is 0.400. The lowest BCUT2D eigenvalue weighted by molar-refractivity contribution is -0.120. The van der Waals surface area contributed by atoms with Gasteiger partial charge < -0.3 is 14.6 Å². The van der Waals surface area contributed by atoms with E-state index in [4.69, 9.17) is 4.42 Å². The molecule has 6 heteroatoms. The smallest absolute Gasteiger partial charge is 0.258 e. The van der Waals surface area contributed by atoms with Crippen molar-refractivity contribution in [1.82, 2.24) is 10.2 Å². The highest BCUT2D eigenvalue weighted by Gasteiger charge is 2.17. The molecule has 16 heavy (non-hydrogen) atoms. The minimum absolute atomic E-state index is 0.0918. The van der Waals surface area contributed by atoms with Crippen LogP contribution in [0.1, 0.15) is 16.8 Å². The third kappa shape index (κ3) is 3.10. The molecule has 0 saturated heterocycles. The van der Waals surface area contributed by atoms with Crippen LogP contribution in [0.3, 0.4) is 0 Å². The van der Waals surface area contributed by atoms with Gasteiger partial charge in [-0.3, -0.25) is 9.59 Å². The van der Waals surface area contributed by atoms with Crippen molar-refractivity contribution in [3.05, 3.63) is 22.6 Å². The predicted octanol–water partition coefficient (Wildman–Crippen LogP) is 1.25. The van der Waals surface area contributed by atoms with Crippen LogP contribution in [0.5, 0.6) is 0 Å². The minimum atomic E-state index is -0.176. The van der Waals surface area contributed by atoms with Gasteiger partial charge in [0.15, 0.2) is 4.67 Å². The van der Waals surface area contributed by atoms with Crippen molar-refractivity contribution in [2.75, 3.05) is 20.6 Å². The van der Waals surface area contributed by atoms with Crippen LogP contribution in [0, 0.1) is 0 Å². The van der Waals surface area contributed by atoms with Gasteiger partial charge in [0.2, 0.25) is 5.91 Å². The second kappa shape index (κ2) is 5.69. The lowest BCUT2D eigenvalue weighted by atomic mass is 10.3. The van der Waals surface area contributed by atoms with Crippen LogP contribution in [0.2, 0.25) is 0 Å². The lowest BCUT2D eigenvalue weighted by Gasteiger charge is -2.15. The summed E-state index contributed by atoms with van der Waals surface area (Å²) in [7, 11) is 3.21. The molecule has 0 aliphatic heterocycles. The number of halogens is 1. The molecule has 1 N–H and O–H groups in total. The fourth-order valence-corrected chi connectivity index (χ4v) is 1.56. The van der Waals surface area contributed by atoms with E-state index in [0.717, 1.165) is 0 Å². The number of rotatable bonds is 4. The number of nitrogens with one attached hydrogen (secondary N) is 1. The molecular weight excluding hydrogens is 276 g/mol. The van der Waals surface area contributed by atoms with E-state index in [2.05, 4.69) is 21.2 Å². The van der Waals surface area contributed by atoms with Gasteiger partial charge in [-0.1, -0.05) is 0 Å². The molecule has 1 aromatic rings. The Morgan fingerprint density at radius 3 is 2.75 bits per heavy atom. The van der Waals surface area contributed by atoms with Crippen LogP contribution in [0.25, 0.3) is 0 Å². The number of nitrogens with zero attached hydrogens (tertiary/aromatic N) is 1. The van der Waals surface area contributed by atoms with Gasteiger partial charge in [-0.25, -0.2) is 0 Å². The molecule has 5 nitrogen and oxygen atoms in total. The molecule has 0 atom stereocenters. The molecule has 0 aliphatic rings. The summed E-state index contributed by atoms with van der Waals surface area (Å²) in [4.78, 5) is 24.3. The second-order valence-corrected chi connectivity index (χ2v) is 3.98. The molecule has 0 spiro atoms. The summed E-state index contributed by atoms with van der Waals surface area (Å²) in [6, 6.07) is 1.59. The maximum Gasteiger partial charge on any atom is 0.258 e. The van der Waals surface area contributed by atoms with E-state index >= 15 is 0 Å². The van der Waals surface area contributed by atoms with Crippen molar-refractivity contribution >= 4 is 27.7 Å². The van der Waals surface area contributed by atoms with Gasteiger partial charge >= 0.3 is 0 Å². The fourth-order valence-electron chi connectivity index (χ4n) is 1.15. The van der Waals surface area contributed by atoms with Crippen LogP contribution in [-0.2, 0) is 4.79 Å². The number of furan rings is 1. The molecule has 1 aromatic heterocycles. The van der Waals surface area contributed by atoms with Gasteiger partial charge in [0.25, 0.3) is 5.91 Å². The van der Waals surface area contributed by atoms with Crippen LogP contribution < -0.4 is 5.32 Å². The number of carbonyl (C=O) groups is 2. The molecule has 88 valence electrons. The normalized spacial score (nSPS) is 9.94. The average molecular weight is 289 g/mol. The Labute approximate surface area is 102 Å². The zero-order valence-electron chi connectivity index (χ0n) is 9.12. The average Bonchev–Trinajstić information content (AvgIpc) is 2.70. The van der Waals surface area contributed by atoms with Crippen LogP contribution in [0.15, 0.2) is 21.4 Å². The van der Waals surface area contributed by atoms with Crippen LogP contribution in [0.4, 0.5) is 0 Å². The molecule has 0 fully saturated rings. The Kier molecular flexibility index (Phi) is 4.54. The zero-order valence-corrected chi connectivity index (χ0v) is 10.7. The van der Waals surface area contributed by atoms with Crippen molar-refractivity contribution in [3.8, 4) is 0 Å². The molecular formula is C10H13BrN2O3. The second-order valence-electron chi connectivity index (χ2n) is 3.26. The Balaban J connectivity index is 2.55. The number of amides is 2. The molecule has 2 amide bonds. The Hall–Kier alpha value is -1.30. The molecule has 1 rings (SSSR count). The van der Waals surface area contributed by atoms with Gasteiger partial charge in [0.1, 0.15) is 0 Å². The van der Waals surface area contributed by atoms with E-state index in [1.807, 2.05) is 0 Å². The molecule has 0 radical (unpaired) electrons. The highest BCUT2D eigenvalue weighted by atomic mass is 79.9. The van der Waals surface area contributed by atoms with Gasteiger partial charge in [-0.05, 0) is 22.0 Å². The van der Waals surface area contributed by atoms with Crippen molar-refractivity contribution in [2.45, 2.75) is 6.42 Å². The highest BCUT2D eigenvalue weighted by Crippen LogP contribution is 2.18. The van der Waals surface area contributed by atoms with Crippen LogP contribution >= 0.6 is 15.9 Å². The van der Waals surface area contributed by atoms with E-state index in [-0.39, 0.29) is 18.2 Å². The molecule has 0 bridgehead atoms. The van der Waals surface area contributed by atoms with Crippen LogP contribution in [-0.4, -0.2) is 37.4 Å². The van der Waals surface area contributed by atoms with Crippen molar-refractivity contribution in [3.63, 3.8) is 0 Å². The largest absolute Gasteiger partial charge is 0.457 e. The van der Waals surface area contributed by atoms with Gasteiger partial charge in [0, 0.05) is 27.1 Å². The summed E-state index contributed by atoms with van der Waals surface area (Å²) >= 11 is 3.14. The zero-order chi connectivity index (χ0) is 12.1. The number of hydrogen-bond acceptors (Lipinski definition) is 3. The van der Waals surface area contributed by atoms with Gasteiger partial charge in [-0.2, -0.15) is 0 Å². The van der Waals surface area contributed by atoms with Crippen molar-refractivity contribution in [2.24, 2.45) is 0 Å². The van der Waals surface area contributed by atoms with Gasteiger partial charge in [-0.15, -0.1) is 0 Å². The van der Waals surface area contributed by atoms with E-state index in [9.17, 15) is 9.59 Å². The maximum absolute atomic E-state index is 11.8. The van der Waals surface area contributed by atoms with Gasteiger partial charge in [0.05, 0.1) is 11.8 Å². The summed E-state index contributed by atoms with van der Waals surface area (Å²) < 4.78 is 5.38. The monoisotopic (exact) mass is 288 g/mol. The summed E-state index contributed by atoms with van der Waals surface area (Å²) in [5, 5.41) is 2.50. The molecule has 0 aliphatic carbocycles. The minimum Gasteiger partial charge on any atom is -0.457 e. The number of carbonyl (C=O) groups excluding carboxylic acids is 2. The summed E-state index contributed by atoms with van der Waals surface area (Å²) in [6.07, 6.45) is 1.72. The first-order valence-electron chi connectivity index (χ1n) is 4.75. The molecule has 0 saturated carbocycles. The van der Waals surface area contributed by atoms with Crippen molar-refractivity contribution < 1.29 is 14.0 Å². The predicted molar refractivity (Wildman–Crippen MR) is 62.1 cm³/mol. The standard InChI is InChI=1S/C10H13BrN2O3/c1-12-8(14)3-5-13(2)10(15)7-4-6-16-9(7)11/h4,6H,3,5H2,1-2H3,(H,12,14). The van der Waals surface area contributed by atoms with E-state index < -0.39 is 0 Å². The topological polar surface area (TPSA) is 62.6 Å².